The molecule has 1 unspecified atom stereocenters. The number of nitrogens with one attached hydrogen (secondary N) is 2. The molecule has 0 saturated heterocycles. The normalized spacial score (nSPS) is 14.8. The van der Waals surface area contributed by atoms with Crippen LogP contribution in [-0.4, -0.2) is 46.4 Å². The average molecular weight is 302 g/mol. The van der Waals surface area contributed by atoms with Crippen molar-refractivity contribution in [1.82, 2.24) is 4.72 Å². The molecule has 114 valence electrons. The number of anilines is 1. The number of hydrogen-bond acceptors (Lipinski definition) is 5. The quantitative estimate of drug-likeness (QED) is 0.661. The van der Waals surface area contributed by atoms with Gasteiger partial charge >= 0.3 is 0 Å². The molecule has 1 aromatic rings. The van der Waals surface area contributed by atoms with Crippen LogP contribution in [0.5, 0.6) is 0 Å². The van der Waals surface area contributed by atoms with E-state index >= 15 is 0 Å². The van der Waals surface area contributed by atoms with Gasteiger partial charge in [-0.25, -0.2) is 13.1 Å². The fraction of sp³-hybridized carbons (Fsp3) is 0.538. The molecule has 20 heavy (non-hydrogen) atoms. The summed E-state index contributed by atoms with van der Waals surface area (Å²) in [5, 5.41) is 13.2. The predicted octanol–water partition coefficient (Wildman–Crippen LogP) is 0.794. The fourth-order valence-electron chi connectivity index (χ4n) is 1.57. The fourth-order valence-corrected chi connectivity index (χ4v) is 2.30. The van der Waals surface area contributed by atoms with E-state index in [-0.39, 0.29) is 4.90 Å². The lowest BCUT2D eigenvalue weighted by Gasteiger charge is -2.23. The minimum Gasteiger partial charge on any atom is -0.388 e. The third-order valence-corrected chi connectivity index (χ3v) is 4.38. The van der Waals surface area contributed by atoms with Crippen LogP contribution in [0.25, 0.3) is 0 Å². The highest BCUT2D eigenvalue weighted by Crippen LogP contribution is 2.16. The SMILES string of the molecule is CNS(=O)(=O)c1ccc(NCC(C)(O)CCOC)cc1. The van der Waals surface area contributed by atoms with Gasteiger partial charge in [0.25, 0.3) is 0 Å². The predicted molar refractivity (Wildman–Crippen MR) is 78.3 cm³/mol. The van der Waals surface area contributed by atoms with E-state index in [1.54, 1.807) is 26.2 Å². The summed E-state index contributed by atoms with van der Waals surface area (Å²) in [4.78, 5) is 0.205. The van der Waals surface area contributed by atoms with Gasteiger partial charge in [0.2, 0.25) is 10.0 Å². The van der Waals surface area contributed by atoms with Crippen LogP contribution in [0.2, 0.25) is 0 Å². The Morgan fingerprint density at radius 3 is 2.40 bits per heavy atom. The summed E-state index contributed by atoms with van der Waals surface area (Å²) in [6, 6.07) is 6.35. The minimum atomic E-state index is -3.41. The van der Waals surface area contributed by atoms with E-state index in [0.29, 0.717) is 19.6 Å². The molecule has 0 fully saturated rings. The van der Waals surface area contributed by atoms with Gasteiger partial charge in [0.15, 0.2) is 0 Å². The lowest BCUT2D eigenvalue weighted by Crippen LogP contribution is -2.34. The van der Waals surface area contributed by atoms with Crippen molar-refractivity contribution in [2.24, 2.45) is 0 Å². The third-order valence-electron chi connectivity index (χ3n) is 2.95. The summed E-state index contributed by atoms with van der Waals surface area (Å²) in [7, 11) is -0.457. The van der Waals surface area contributed by atoms with Crippen LogP contribution in [0.1, 0.15) is 13.3 Å². The summed E-state index contributed by atoms with van der Waals surface area (Å²) >= 11 is 0. The Balaban J connectivity index is 2.63. The molecule has 6 nitrogen and oxygen atoms in total. The Morgan fingerprint density at radius 2 is 1.90 bits per heavy atom. The molecule has 0 aromatic heterocycles. The van der Waals surface area contributed by atoms with Gasteiger partial charge in [-0.1, -0.05) is 0 Å². The van der Waals surface area contributed by atoms with E-state index in [1.807, 2.05) is 0 Å². The molecule has 7 heteroatoms. The van der Waals surface area contributed by atoms with Crippen LogP contribution in [0.4, 0.5) is 5.69 Å². The van der Waals surface area contributed by atoms with Crippen molar-refractivity contribution in [2.75, 3.05) is 32.6 Å². The van der Waals surface area contributed by atoms with Gasteiger partial charge in [-0.2, -0.15) is 0 Å². The van der Waals surface area contributed by atoms with Crippen LogP contribution in [0, 0.1) is 0 Å². The number of methoxy groups -OCH3 is 1. The molecule has 0 radical (unpaired) electrons. The lowest BCUT2D eigenvalue weighted by atomic mass is 10.0. The number of benzene rings is 1. The largest absolute Gasteiger partial charge is 0.388 e. The van der Waals surface area contributed by atoms with Crippen LogP contribution < -0.4 is 10.0 Å². The molecular formula is C13H22N2O4S. The first-order valence-corrected chi connectivity index (χ1v) is 7.78. The van der Waals surface area contributed by atoms with Gasteiger partial charge in [0.1, 0.15) is 0 Å². The standard InChI is InChI=1S/C13H22N2O4S/c1-13(16,8-9-19-3)10-15-11-4-6-12(7-5-11)20(17,18)14-2/h4-7,14-16H,8-10H2,1-3H3. The van der Waals surface area contributed by atoms with Gasteiger partial charge in [-0.15, -0.1) is 0 Å². The molecule has 1 rings (SSSR count). The summed E-state index contributed by atoms with van der Waals surface area (Å²) < 4.78 is 30.3. The molecule has 1 atom stereocenters. The minimum absolute atomic E-state index is 0.205. The molecule has 0 aliphatic rings. The second-order valence-electron chi connectivity index (χ2n) is 4.83. The van der Waals surface area contributed by atoms with Crippen LogP contribution in [0.15, 0.2) is 29.2 Å². The summed E-state index contributed by atoms with van der Waals surface area (Å²) in [6.45, 7) is 2.56. The van der Waals surface area contributed by atoms with Crippen molar-refractivity contribution in [1.29, 1.82) is 0 Å². The maximum Gasteiger partial charge on any atom is 0.240 e. The van der Waals surface area contributed by atoms with Crippen LogP contribution in [0.3, 0.4) is 0 Å². The van der Waals surface area contributed by atoms with Gasteiger partial charge in [0.05, 0.1) is 10.5 Å². The molecule has 0 aliphatic heterocycles. The van der Waals surface area contributed by atoms with E-state index < -0.39 is 15.6 Å². The molecule has 0 aliphatic carbocycles. The van der Waals surface area contributed by atoms with Crippen molar-refractivity contribution in [3.8, 4) is 0 Å². The van der Waals surface area contributed by atoms with Crippen molar-refractivity contribution < 1.29 is 18.3 Å². The average Bonchev–Trinajstić information content (AvgIpc) is 2.43. The molecular weight excluding hydrogens is 280 g/mol. The number of ether oxygens (including phenoxy) is 1. The van der Waals surface area contributed by atoms with E-state index in [0.717, 1.165) is 5.69 Å². The highest BCUT2D eigenvalue weighted by atomic mass is 32.2. The highest BCUT2D eigenvalue weighted by molar-refractivity contribution is 7.89. The molecule has 3 N–H and O–H groups in total. The summed E-state index contributed by atoms with van der Waals surface area (Å²) in [5.41, 5.74) is -0.135. The smallest absolute Gasteiger partial charge is 0.240 e. The number of aliphatic hydroxyl groups is 1. The Hall–Kier alpha value is -1.15. The van der Waals surface area contributed by atoms with E-state index in [4.69, 9.17) is 4.74 Å². The number of rotatable bonds is 8. The molecule has 0 amide bonds. The molecule has 0 saturated carbocycles. The van der Waals surface area contributed by atoms with Crippen LogP contribution >= 0.6 is 0 Å². The number of sulfonamides is 1. The molecule has 0 heterocycles. The monoisotopic (exact) mass is 302 g/mol. The zero-order chi connectivity index (χ0) is 15.2. The summed E-state index contributed by atoms with van der Waals surface area (Å²) in [5.74, 6) is 0. The molecule has 1 aromatic carbocycles. The topological polar surface area (TPSA) is 87.7 Å². The van der Waals surface area contributed by atoms with Gasteiger partial charge in [-0.3, -0.25) is 0 Å². The Labute approximate surface area is 120 Å². The maximum atomic E-state index is 11.6. The summed E-state index contributed by atoms with van der Waals surface area (Å²) in [6.07, 6.45) is 0.517. The maximum absolute atomic E-state index is 11.6. The van der Waals surface area contributed by atoms with Crippen molar-refractivity contribution in [3.63, 3.8) is 0 Å². The first kappa shape index (κ1) is 16.9. The van der Waals surface area contributed by atoms with Crippen molar-refractivity contribution in [2.45, 2.75) is 23.8 Å². The zero-order valence-electron chi connectivity index (χ0n) is 12.0. The number of hydrogen-bond donors (Lipinski definition) is 3. The van der Waals surface area contributed by atoms with E-state index in [2.05, 4.69) is 10.0 Å². The second kappa shape index (κ2) is 7.03. The van der Waals surface area contributed by atoms with Crippen LogP contribution in [-0.2, 0) is 14.8 Å². The first-order valence-electron chi connectivity index (χ1n) is 6.29. The Morgan fingerprint density at radius 1 is 1.30 bits per heavy atom. The lowest BCUT2D eigenvalue weighted by molar-refractivity contribution is 0.0357. The third kappa shape index (κ3) is 5.09. The van der Waals surface area contributed by atoms with E-state index in [9.17, 15) is 13.5 Å². The van der Waals surface area contributed by atoms with Gasteiger partial charge in [0, 0.05) is 32.4 Å². The second-order valence-corrected chi connectivity index (χ2v) is 6.71. The van der Waals surface area contributed by atoms with Gasteiger partial charge < -0.3 is 15.2 Å². The van der Waals surface area contributed by atoms with E-state index in [1.165, 1.54) is 19.2 Å². The highest BCUT2D eigenvalue weighted by Gasteiger charge is 2.19. The molecule has 0 spiro atoms. The zero-order valence-corrected chi connectivity index (χ0v) is 12.8. The van der Waals surface area contributed by atoms with Crippen molar-refractivity contribution >= 4 is 15.7 Å². The first-order chi connectivity index (χ1) is 9.30. The Bertz CT molecular complexity index is 512. The van der Waals surface area contributed by atoms with Crippen molar-refractivity contribution in [3.05, 3.63) is 24.3 Å². The van der Waals surface area contributed by atoms with Gasteiger partial charge in [-0.05, 0) is 38.2 Å². The molecule has 0 bridgehead atoms. The Kier molecular flexibility index (Phi) is 5.94.